The van der Waals surface area contributed by atoms with Crippen LogP contribution in [-0.2, 0) is 9.47 Å². The third kappa shape index (κ3) is 4.68. The first-order valence-corrected chi connectivity index (χ1v) is 13.8. The van der Waals surface area contributed by atoms with E-state index in [1.807, 2.05) is 24.3 Å². The lowest BCUT2D eigenvalue weighted by atomic mass is 9.86. The van der Waals surface area contributed by atoms with Crippen LogP contribution in [0, 0.1) is 17.5 Å². The topological polar surface area (TPSA) is 139 Å². The van der Waals surface area contributed by atoms with Crippen LogP contribution < -0.4 is 5.32 Å². The van der Waals surface area contributed by atoms with Crippen LogP contribution in [0.1, 0.15) is 22.8 Å². The minimum absolute atomic E-state index is 0.0681. The highest BCUT2D eigenvalue weighted by Gasteiger charge is 2.62. The molecule has 6 atom stereocenters. The van der Waals surface area contributed by atoms with Crippen molar-refractivity contribution in [3.8, 4) is 11.3 Å². The fraction of sp³-hybridized carbons (Fsp3) is 0.321. The lowest BCUT2D eigenvalue weighted by Crippen LogP contribution is -2.69. The van der Waals surface area contributed by atoms with Gasteiger partial charge in [-0.25, -0.2) is 17.9 Å². The summed E-state index contributed by atoms with van der Waals surface area (Å²) in [4.78, 5) is 13.5. The van der Waals surface area contributed by atoms with Gasteiger partial charge in [0.25, 0.3) is 5.91 Å². The van der Waals surface area contributed by atoms with E-state index < -0.39 is 66.1 Å². The van der Waals surface area contributed by atoms with Crippen LogP contribution in [0.5, 0.6) is 0 Å². The molecule has 2 fully saturated rings. The Morgan fingerprint density at radius 3 is 2.62 bits per heavy atom. The van der Waals surface area contributed by atoms with Gasteiger partial charge in [0, 0.05) is 10.0 Å². The van der Waals surface area contributed by atoms with Crippen LogP contribution in [0.3, 0.4) is 0 Å². The van der Waals surface area contributed by atoms with Crippen molar-refractivity contribution in [3.05, 3.63) is 82.2 Å². The molecule has 42 heavy (non-hydrogen) atoms. The summed E-state index contributed by atoms with van der Waals surface area (Å²) in [6.45, 7) is -0.610. The van der Waals surface area contributed by atoms with Crippen LogP contribution in [0.2, 0.25) is 0 Å². The van der Waals surface area contributed by atoms with E-state index in [9.17, 15) is 33.3 Å². The maximum atomic E-state index is 13.8. The normalized spacial score (nSPS) is 27.5. The zero-order valence-corrected chi connectivity index (χ0v) is 23.2. The molecule has 0 saturated carbocycles. The van der Waals surface area contributed by atoms with Crippen LogP contribution in [-0.4, -0.2) is 79.6 Å². The van der Waals surface area contributed by atoms with Crippen molar-refractivity contribution in [2.75, 3.05) is 13.2 Å². The average molecular weight is 649 g/mol. The maximum Gasteiger partial charge on any atom is 0.252 e. The molecule has 0 aliphatic carbocycles. The molecule has 0 bridgehead atoms. The van der Waals surface area contributed by atoms with Gasteiger partial charge in [-0.15, -0.1) is 5.10 Å². The van der Waals surface area contributed by atoms with Crippen molar-refractivity contribution in [2.24, 2.45) is 0 Å². The smallest absolute Gasteiger partial charge is 0.252 e. The molecule has 2 saturated heterocycles. The first kappa shape index (κ1) is 28.7. The molecule has 1 aromatic heterocycles. The number of aliphatic hydroxyl groups is 3. The highest BCUT2D eigenvalue weighted by atomic mass is 79.9. The molecule has 0 unspecified atom stereocenters. The lowest BCUT2D eigenvalue weighted by Gasteiger charge is -2.49. The van der Waals surface area contributed by atoms with Crippen LogP contribution in [0.25, 0.3) is 22.0 Å². The van der Waals surface area contributed by atoms with Gasteiger partial charge < -0.3 is 30.1 Å². The molecule has 14 heteroatoms. The molecule has 6 rings (SSSR count). The summed E-state index contributed by atoms with van der Waals surface area (Å²) in [6.07, 6.45) is -3.06. The van der Waals surface area contributed by atoms with Crippen molar-refractivity contribution in [2.45, 2.75) is 42.6 Å². The number of benzene rings is 3. The molecular weight excluding hydrogens is 625 g/mol. The number of ether oxygens (including phenoxy) is 2. The second kappa shape index (κ2) is 11.0. The maximum absolute atomic E-state index is 13.8. The van der Waals surface area contributed by atoms with Gasteiger partial charge in [0.05, 0.1) is 31.0 Å². The number of hydrogen-bond donors (Lipinski definition) is 4. The van der Waals surface area contributed by atoms with E-state index in [1.54, 1.807) is 12.1 Å². The zero-order chi connectivity index (χ0) is 29.8. The van der Waals surface area contributed by atoms with Crippen LogP contribution in [0.4, 0.5) is 13.2 Å². The SMILES string of the molecule is O=C(N[C@@H]1CCO[C@]12O[C@H](CO)[C@H](O)[C@H](n1cc(-c3cc(F)c(F)c(F)c3)nn1)[C@H]2O)c1ccc2ccccc2c1Br. The monoisotopic (exact) mass is 648 g/mol. The quantitative estimate of drug-likeness (QED) is 0.242. The van der Waals surface area contributed by atoms with E-state index in [-0.39, 0.29) is 24.3 Å². The summed E-state index contributed by atoms with van der Waals surface area (Å²) in [5.74, 6) is -6.89. The van der Waals surface area contributed by atoms with Crippen LogP contribution in [0.15, 0.2) is 59.2 Å². The summed E-state index contributed by atoms with van der Waals surface area (Å²) >= 11 is 3.51. The van der Waals surface area contributed by atoms with Gasteiger partial charge in [-0.1, -0.05) is 35.5 Å². The Morgan fingerprint density at radius 1 is 1.14 bits per heavy atom. The van der Waals surface area contributed by atoms with Gasteiger partial charge in [0.1, 0.15) is 30.0 Å². The molecular formula is C28H24BrF3N4O6. The molecule has 2 aliphatic rings. The molecule has 4 aromatic rings. The summed E-state index contributed by atoms with van der Waals surface area (Å²) in [7, 11) is 0. The number of halogens is 4. The number of aliphatic hydroxyl groups excluding tert-OH is 3. The number of amides is 1. The third-order valence-corrected chi connectivity index (χ3v) is 8.56. The Balaban J connectivity index is 1.32. The molecule has 220 valence electrons. The molecule has 0 radical (unpaired) electrons. The lowest BCUT2D eigenvalue weighted by molar-refractivity contribution is -0.344. The van der Waals surface area contributed by atoms with E-state index in [0.29, 0.717) is 10.0 Å². The standard InChI is InChI=1S/C28H24BrF3N4O6/c29-22-15-4-2-1-3-13(15)5-6-16(22)27(40)33-21-7-8-41-28(21)26(39)24(25(38)20(12-37)42-28)36-11-19(34-35-36)14-9-17(30)23(32)18(31)10-14/h1-6,9-11,20-21,24-26,37-39H,7-8,12H2,(H,33,40)/t20-,21-,24+,25+,26-,28+/m1/s1. The minimum Gasteiger partial charge on any atom is -0.394 e. The van der Waals surface area contributed by atoms with Crippen molar-refractivity contribution in [1.29, 1.82) is 0 Å². The molecule has 1 spiro atoms. The predicted octanol–water partition coefficient (Wildman–Crippen LogP) is 2.85. The first-order valence-electron chi connectivity index (χ1n) is 13.0. The molecule has 2 aliphatic heterocycles. The Kier molecular flexibility index (Phi) is 7.53. The summed E-state index contributed by atoms with van der Waals surface area (Å²) in [5, 5.41) is 45.1. The van der Waals surface area contributed by atoms with Crippen LogP contribution >= 0.6 is 15.9 Å². The molecule has 3 heterocycles. The van der Waals surface area contributed by atoms with E-state index in [4.69, 9.17) is 9.47 Å². The van der Waals surface area contributed by atoms with Gasteiger partial charge in [0.2, 0.25) is 5.79 Å². The number of nitrogens with one attached hydrogen (secondary N) is 1. The van der Waals surface area contributed by atoms with Crippen molar-refractivity contribution >= 4 is 32.6 Å². The fourth-order valence-corrected chi connectivity index (χ4v) is 6.26. The molecule has 10 nitrogen and oxygen atoms in total. The van der Waals surface area contributed by atoms with E-state index in [1.165, 1.54) is 6.20 Å². The third-order valence-electron chi connectivity index (χ3n) is 7.71. The van der Waals surface area contributed by atoms with Crippen molar-refractivity contribution in [1.82, 2.24) is 20.3 Å². The molecule has 4 N–H and O–H groups in total. The number of aromatic nitrogens is 3. The largest absolute Gasteiger partial charge is 0.394 e. The van der Waals surface area contributed by atoms with Gasteiger partial charge in [-0.3, -0.25) is 4.79 Å². The predicted molar refractivity (Wildman–Crippen MR) is 145 cm³/mol. The number of carbonyl (C=O) groups is 1. The summed E-state index contributed by atoms with van der Waals surface area (Å²) in [5.41, 5.74) is 0.119. The minimum atomic E-state index is -1.91. The van der Waals surface area contributed by atoms with E-state index in [0.717, 1.165) is 27.6 Å². The summed E-state index contributed by atoms with van der Waals surface area (Å²) < 4.78 is 54.6. The fourth-order valence-electron chi connectivity index (χ4n) is 5.59. The average Bonchev–Trinajstić information content (AvgIpc) is 3.62. The van der Waals surface area contributed by atoms with Crippen molar-refractivity contribution < 1.29 is 42.8 Å². The second-order valence-electron chi connectivity index (χ2n) is 10.1. The zero-order valence-electron chi connectivity index (χ0n) is 21.6. The van der Waals surface area contributed by atoms with Gasteiger partial charge in [-0.2, -0.15) is 0 Å². The van der Waals surface area contributed by atoms with Gasteiger partial charge >= 0.3 is 0 Å². The number of carbonyl (C=O) groups excluding carboxylic acids is 1. The van der Waals surface area contributed by atoms with Crippen molar-refractivity contribution in [3.63, 3.8) is 0 Å². The summed E-state index contributed by atoms with van der Waals surface area (Å²) in [6, 6.07) is 10.2. The first-order chi connectivity index (χ1) is 20.1. The number of fused-ring (bicyclic) bond motifs is 1. The Hall–Kier alpha value is -3.40. The number of rotatable bonds is 5. The highest BCUT2D eigenvalue weighted by Crippen LogP contribution is 2.43. The Morgan fingerprint density at radius 2 is 1.88 bits per heavy atom. The number of hydrogen-bond acceptors (Lipinski definition) is 8. The van der Waals surface area contributed by atoms with E-state index in [2.05, 4.69) is 31.6 Å². The molecule has 3 aromatic carbocycles. The number of nitrogens with zero attached hydrogens (tertiary/aromatic N) is 3. The van der Waals surface area contributed by atoms with E-state index >= 15 is 0 Å². The Bertz CT molecular complexity index is 1650. The Labute approximate surface area is 244 Å². The second-order valence-corrected chi connectivity index (χ2v) is 10.9. The van der Waals surface area contributed by atoms with Gasteiger partial charge in [-0.05, 0) is 51.3 Å². The van der Waals surface area contributed by atoms with Gasteiger partial charge in [0.15, 0.2) is 17.5 Å². The molecule has 1 amide bonds. The highest BCUT2D eigenvalue weighted by molar-refractivity contribution is 9.10.